The van der Waals surface area contributed by atoms with Gasteiger partial charge >= 0.3 is 0 Å². The predicted molar refractivity (Wildman–Crippen MR) is 545 cm³/mol. The monoisotopic (exact) mass is 1730 g/mol. The molecular weight excluding hydrogens is 1590 g/mol. The third-order valence-electron chi connectivity index (χ3n) is 21.4. The van der Waals surface area contributed by atoms with Gasteiger partial charge in [-0.3, -0.25) is 39.9 Å². The Morgan fingerprint density at radius 1 is 0.208 bits per heavy atom. The number of aryl methyl sites for hydroxylation is 4. The molecule has 16 rings (SSSR count). The fourth-order valence-corrected chi connectivity index (χ4v) is 13.4. The largest absolute Gasteiger partial charge is 0.325 e. The number of nitrogens with two attached hydrogens (primary N) is 8. The summed E-state index contributed by atoms with van der Waals surface area (Å²) in [6.07, 6.45) is 8.46. The van der Waals surface area contributed by atoms with Crippen LogP contribution in [-0.4, -0.2) is 39.9 Å². The molecule has 0 aliphatic heterocycles. The van der Waals surface area contributed by atoms with Crippen molar-refractivity contribution in [1.82, 2.24) is 39.9 Å². The summed E-state index contributed by atoms with van der Waals surface area (Å²) in [5, 5.41) is 0. The molecule has 16 nitrogen and oxygen atoms in total. The third-order valence-corrected chi connectivity index (χ3v) is 21.4. The van der Waals surface area contributed by atoms with E-state index in [4.69, 9.17) is 50.9 Å². The lowest BCUT2D eigenvalue weighted by molar-refractivity contribution is 0.591. The van der Waals surface area contributed by atoms with Crippen LogP contribution in [0.4, 0.5) is 0 Å². The van der Waals surface area contributed by atoms with Gasteiger partial charge in [-0.2, -0.15) is 0 Å². The topological polar surface area (TPSA) is 311 Å². The highest BCUT2D eigenvalue weighted by Crippen LogP contribution is 2.28. The lowest BCUT2D eigenvalue weighted by Gasteiger charge is -2.12. The molecule has 0 fully saturated rings. The van der Waals surface area contributed by atoms with E-state index in [0.717, 1.165) is 174 Å². The molecule has 668 valence electrons. The van der Waals surface area contributed by atoms with E-state index in [1.807, 2.05) is 257 Å². The first-order valence-electron chi connectivity index (χ1n) is 45.3. The summed E-state index contributed by atoms with van der Waals surface area (Å²) in [5.74, 6) is 0. The Morgan fingerprint density at radius 3 is 0.608 bits per heavy atom. The van der Waals surface area contributed by atoms with Gasteiger partial charge in [-0.1, -0.05) is 343 Å². The molecule has 130 heavy (non-hydrogen) atoms. The Kier molecular flexibility index (Phi) is 42.3. The second kappa shape index (κ2) is 54.7. The van der Waals surface area contributed by atoms with Crippen molar-refractivity contribution in [3.05, 3.63) is 432 Å². The van der Waals surface area contributed by atoms with Crippen molar-refractivity contribution in [3.8, 4) is 90.1 Å². The Labute approximate surface area is 772 Å². The molecule has 16 heteroatoms. The van der Waals surface area contributed by atoms with Crippen molar-refractivity contribution in [1.29, 1.82) is 0 Å². The normalized spacial score (nSPS) is 11.9. The highest BCUT2D eigenvalue weighted by molar-refractivity contribution is 5.65. The van der Waals surface area contributed by atoms with E-state index in [-0.39, 0.29) is 36.3 Å². The number of aromatic nitrogens is 8. The second-order valence-corrected chi connectivity index (χ2v) is 32.2. The molecule has 0 saturated heterocycles. The highest BCUT2D eigenvalue weighted by Gasteiger charge is 2.14. The number of nitrogens with zero attached hydrogens (tertiary/aromatic N) is 8. The summed E-state index contributed by atoms with van der Waals surface area (Å²) >= 11 is 0. The van der Waals surface area contributed by atoms with Gasteiger partial charge in [0.15, 0.2) is 0 Å². The van der Waals surface area contributed by atoms with Crippen molar-refractivity contribution >= 4 is 0 Å². The van der Waals surface area contributed by atoms with E-state index in [2.05, 4.69) is 212 Å². The minimum absolute atomic E-state index is 0.0198. The summed E-state index contributed by atoms with van der Waals surface area (Å²) in [6.45, 7) is 21.7. The van der Waals surface area contributed by atoms with Crippen LogP contribution in [0.5, 0.6) is 0 Å². The first-order valence-corrected chi connectivity index (χ1v) is 45.3. The number of hydrogen-bond donors (Lipinski definition) is 8. The Morgan fingerprint density at radius 2 is 0.400 bits per heavy atom. The molecule has 0 bridgehead atoms. The van der Waals surface area contributed by atoms with Crippen LogP contribution in [0.25, 0.3) is 90.1 Å². The van der Waals surface area contributed by atoms with Crippen LogP contribution in [0.3, 0.4) is 0 Å². The molecule has 16 aromatic rings. The van der Waals surface area contributed by atoms with Crippen molar-refractivity contribution in [3.63, 3.8) is 0 Å². The number of rotatable bonds is 24. The third kappa shape index (κ3) is 33.4. The van der Waals surface area contributed by atoms with Crippen molar-refractivity contribution in [2.75, 3.05) is 0 Å². The molecule has 0 aliphatic rings. The van der Waals surface area contributed by atoms with Crippen LogP contribution >= 0.6 is 0 Å². The molecule has 8 aromatic heterocycles. The predicted octanol–water partition coefficient (Wildman–Crippen LogP) is 25.4. The first kappa shape index (κ1) is 100. The lowest BCUT2D eigenvalue weighted by Crippen LogP contribution is -2.12. The maximum absolute atomic E-state index is 6.19. The quantitative estimate of drug-likeness (QED) is 0.0279. The van der Waals surface area contributed by atoms with Crippen LogP contribution in [-0.2, 0) is 13.1 Å². The van der Waals surface area contributed by atoms with Gasteiger partial charge in [-0.05, 0) is 164 Å². The fourth-order valence-electron chi connectivity index (χ4n) is 13.4. The Hall–Kier alpha value is -13.4. The minimum Gasteiger partial charge on any atom is -0.325 e. The SMILES string of the molecule is CC(N)c1cccc(-c2ccccc2)n1.CCC(N)c1cccc(-c2ccc(C)cc2)n1.CCC(N)c1cccc(-c2ccccc2)n1.CCCCC(N)c1cccc(-c2ccc(C)cc2)n1.CCCCC(N)c1cccc(-c2ccccc2)n1.Cc1ccc(-c2cccc(C(C)N)n2)cc1.Cc1ccc(-c2cccc(CN)n2)cc1.NCc1cccc(-c2ccccc2)n1. The maximum atomic E-state index is 6.19. The molecule has 0 aliphatic carbocycles. The van der Waals surface area contributed by atoms with Crippen LogP contribution in [0, 0.1) is 27.7 Å². The minimum atomic E-state index is -0.0228. The van der Waals surface area contributed by atoms with E-state index in [9.17, 15) is 0 Å². The molecule has 0 amide bonds. The van der Waals surface area contributed by atoms with Crippen LogP contribution in [0.2, 0.25) is 0 Å². The fraction of sp³-hybridized carbons (Fsp3) is 0.228. The standard InChI is InChI=1S/C17H22N2.C16H20N2.C15H18N2.2C14H16N2.2C13H14N2.C12H12N2/c1-3-4-6-15(18)17-8-5-7-16(19-17)14-11-9-13(2)10-12-14;1-2-3-10-14(17)16-12-7-11-15(18-16)13-8-5-4-6-9-13;1-3-13(16)15-6-4-5-14(17-15)12-9-7-11(2)8-10-12;1-10-6-8-12(9-7-10)14-5-3-4-13(16-14)11(2)15;1-2-12(15)14-10-6-9-13(16-14)11-7-4-3-5-8-11;1-10-5-7-11(8-6-10)13-4-2-3-12(9-14)15-13;1-10(14)12-8-5-9-13(15-12)11-6-3-2-4-7-11;13-9-11-7-4-8-12(14-11)10-5-2-1-3-6-10/h5,7-12,15H,3-4,6,18H2,1-2H3;4-9,11-12,14H,2-3,10,17H2,1H3;4-10,13H,3,16H2,1-2H3;3-9,11H,15H2,1-2H3;3-10,12H,2,15H2,1H3;2-8H,9,14H2,1H3;2-10H,14H2,1H3;1-8H,9,13H2. The van der Waals surface area contributed by atoms with Gasteiger partial charge in [-0.15, -0.1) is 0 Å². The zero-order chi connectivity index (χ0) is 92.8. The molecule has 8 aromatic carbocycles. The van der Waals surface area contributed by atoms with Gasteiger partial charge in [0.1, 0.15) is 0 Å². The average Bonchev–Trinajstić information content (AvgIpc) is 0.849. The van der Waals surface area contributed by atoms with E-state index >= 15 is 0 Å². The number of unbranched alkanes of at least 4 members (excludes halogenated alkanes) is 2. The maximum Gasteiger partial charge on any atom is 0.0706 e. The van der Waals surface area contributed by atoms with Gasteiger partial charge in [0.2, 0.25) is 0 Å². The van der Waals surface area contributed by atoms with Gasteiger partial charge in [0.05, 0.1) is 91.1 Å². The molecular formula is C114H132N16. The first-order chi connectivity index (χ1) is 63.1. The molecule has 0 saturated carbocycles. The van der Waals surface area contributed by atoms with Gasteiger partial charge in [0.25, 0.3) is 0 Å². The van der Waals surface area contributed by atoms with Crippen LogP contribution in [0.15, 0.2) is 364 Å². The number of pyridine rings is 8. The van der Waals surface area contributed by atoms with Crippen molar-refractivity contribution in [2.24, 2.45) is 45.9 Å². The van der Waals surface area contributed by atoms with Crippen LogP contribution in [0.1, 0.15) is 197 Å². The second-order valence-electron chi connectivity index (χ2n) is 32.2. The summed E-state index contributed by atoms with van der Waals surface area (Å²) in [5.41, 5.74) is 76.7. The van der Waals surface area contributed by atoms with E-state index in [0.29, 0.717) is 13.1 Å². The Bertz CT molecular complexity index is 5880. The summed E-state index contributed by atoms with van der Waals surface area (Å²) in [7, 11) is 0. The Balaban J connectivity index is 0.000000168. The summed E-state index contributed by atoms with van der Waals surface area (Å²) in [4.78, 5) is 36.5. The van der Waals surface area contributed by atoms with Crippen molar-refractivity contribution < 1.29 is 0 Å². The molecule has 16 N–H and O–H groups in total. The number of hydrogen-bond acceptors (Lipinski definition) is 16. The molecule has 6 unspecified atom stereocenters. The number of benzene rings is 8. The zero-order valence-electron chi connectivity index (χ0n) is 77.4. The van der Waals surface area contributed by atoms with E-state index in [1.54, 1.807) is 0 Å². The molecule has 0 radical (unpaired) electrons. The molecule has 8 heterocycles. The van der Waals surface area contributed by atoms with E-state index < -0.39 is 0 Å². The average molecular weight is 1730 g/mol. The van der Waals surface area contributed by atoms with E-state index in [1.165, 1.54) is 35.1 Å². The smallest absolute Gasteiger partial charge is 0.0706 e. The van der Waals surface area contributed by atoms with Gasteiger partial charge < -0.3 is 45.9 Å². The highest BCUT2D eigenvalue weighted by atomic mass is 14.8. The van der Waals surface area contributed by atoms with Gasteiger partial charge in [-0.25, -0.2) is 0 Å². The van der Waals surface area contributed by atoms with Crippen LogP contribution < -0.4 is 45.9 Å². The van der Waals surface area contributed by atoms with Gasteiger partial charge in [0, 0.05) is 93.8 Å². The lowest BCUT2D eigenvalue weighted by atomic mass is 10.0. The zero-order valence-corrected chi connectivity index (χ0v) is 77.4. The molecule has 0 spiro atoms. The molecule has 6 atom stereocenters. The van der Waals surface area contributed by atoms with Crippen molar-refractivity contribution in [2.45, 2.75) is 170 Å². The summed E-state index contributed by atoms with van der Waals surface area (Å²) in [6, 6.07) is 122. The summed E-state index contributed by atoms with van der Waals surface area (Å²) < 4.78 is 0.